The van der Waals surface area contributed by atoms with Gasteiger partial charge in [-0.05, 0) is 12.1 Å². The molecule has 5 aromatic rings. The third kappa shape index (κ3) is 4.87. The summed E-state index contributed by atoms with van der Waals surface area (Å²) in [5.41, 5.74) is 6.23. The van der Waals surface area contributed by atoms with Crippen molar-refractivity contribution >= 4 is 49.0 Å². The highest BCUT2D eigenvalue weighted by molar-refractivity contribution is 7.90. The maximum absolute atomic E-state index is 6.23. The fourth-order valence-electron chi connectivity index (χ4n) is 3.86. The lowest BCUT2D eigenvalue weighted by Crippen LogP contribution is -2.32. The van der Waals surface area contributed by atoms with Crippen molar-refractivity contribution in [2.75, 3.05) is 10.2 Å². The van der Waals surface area contributed by atoms with E-state index in [-0.39, 0.29) is 0 Å². The highest BCUT2D eigenvalue weighted by atomic mass is 31.2. The van der Waals surface area contributed by atoms with Crippen molar-refractivity contribution in [1.82, 2.24) is 4.98 Å². The molecule has 0 bridgehead atoms. The molecule has 3 nitrogen and oxygen atoms in total. The van der Waals surface area contributed by atoms with Crippen LogP contribution in [-0.2, 0) is 0 Å². The van der Waals surface area contributed by atoms with Crippen LogP contribution >= 0.6 is 16.1 Å². The molecule has 4 aromatic carbocycles. The third-order valence-corrected chi connectivity index (χ3v) is 10.7. The van der Waals surface area contributed by atoms with Crippen molar-refractivity contribution in [2.24, 2.45) is 0 Å². The topological polar surface area (TPSA) is 42.1 Å². The van der Waals surface area contributed by atoms with Gasteiger partial charge in [-0.15, -0.1) is 0 Å². The number of aromatic nitrogens is 1. The zero-order valence-corrected chi connectivity index (χ0v) is 20.4. The Bertz CT molecular complexity index is 1150. The summed E-state index contributed by atoms with van der Waals surface area (Å²) in [5.74, 6) is 1.41. The van der Waals surface area contributed by atoms with E-state index < -0.39 is 16.1 Å². The van der Waals surface area contributed by atoms with Gasteiger partial charge in [0.1, 0.15) is 11.6 Å². The molecule has 0 saturated carbocycles. The van der Waals surface area contributed by atoms with E-state index in [2.05, 4.69) is 132 Å². The standard InChI is InChI=1S/C29H25N3P2/c30-28-22-13-23-29(31-28)32(33(24-14-5-1-6-15-24)25-16-7-2-8-17-25)34(26-18-9-3-10-19-26)27-20-11-4-12-21-27/h1-23H,(H2,30,31). The molecule has 0 aliphatic heterocycles. The molecule has 0 aliphatic carbocycles. The second kappa shape index (κ2) is 10.6. The highest BCUT2D eigenvalue weighted by Crippen LogP contribution is 2.56. The molecule has 2 N–H and O–H groups in total. The summed E-state index contributed by atoms with van der Waals surface area (Å²) in [5, 5.41) is 5.08. The average molecular weight is 477 g/mol. The van der Waals surface area contributed by atoms with E-state index in [4.69, 9.17) is 10.7 Å². The van der Waals surface area contributed by atoms with Crippen LogP contribution < -0.4 is 31.4 Å². The molecule has 166 valence electrons. The number of anilines is 2. The molecule has 1 aromatic heterocycles. The highest BCUT2D eigenvalue weighted by Gasteiger charge is 2.33. The lowest BCUT2D eigenvalue weighted by atomic mass is 10.4. The van der Waals surface area contributed by atoms with Crippen LogP contribution in [-0.4, -0.2) is 4.98 Å². The van der Waals surface area contributed by atoms with Gasteiger partial charge in [-0.25, -0.2) is 4.98 Å². The molecular formula is C29H25N3P2. The van der Waals surface area contributed by atoms with Gasteiger partial charge in [0.05, 0.1) is 16.1 Å². The SMILES string of the molecule is Nc1cccc(N(P(c2ccccc2)c2ccccc2)P(c2ccccc2)c2ccccc2)n1. The number of pyridine rings is 1. The normalized spacial score (nSPS) is 11.0. The lowest BCUT2D eigenvalue weighted by Gasteiger charge is -2.39. The number of rotatable bonds is 7. The van der Waals surface area contributed by atoms with Crippen molar-refractivity contribution in [3.63, 3.8) is 0 Å². The fraction of sp³-hybridized carbons (Fsp3) is 0. The first kappa shape index (κ1) is 22.3. The van der Waals surface area contributed by atoms with Gasteiger partial charge < -0.3 is 5.73 Å². The van der Waals surface area contributed by atoms with Crippen LogP contribution in [0.4, 0.5) is 11.6 Å². The molecule has 34 heavy (non-hydrogen) atoms. The molecule has 0 unspecified atom stereocenters. The molecule has 5 rings (SSSR count). The molecule has 0 aliphatic rings. The van der Waals surface area contributed by atoms with E-state index in [0.717, 1.165) is 5.82 Å². The minimum Gasteiger partial charge on any atom is -0.384 e. The maximum atomic E-state index is 6.23. The Balaban J connectivity index is 1.80. The Hall–Kier alpha value is -3.51. The quantitative estimate of drug-likeness (QED) is 0.312. The Labute approximate surface area is 203 Å². The first-order valence-corrected chi connectivity index (χ1v) is 13.7. The van der Waals surface area contributed by atoms with Crippen LogP contribution in [0.1, 0.15) is 0 Å². The second-order valence-electron chi connectivity index (χ2n) is 7.68. The van der Waals surface area contributed by atoms with Crippen LogP contribution in [0.15, 0.2) is 140 Å². The molecule has 0 spiro atoms. The summed E-state index contributed by atoms with van der Waals surface area (Å²) in [6, 6.07) is 48.9. The molecule has 0 radical (unpaired) electrons. The fourth-order valence-corrected chi connectivity index (χ4v) is 9.73. The van der Waals surface area contributed by atoms with E-state index in [1.807, 2.05) is 12.1 Å². The van der Waals surface area contributed by atoms with Crippen LogP contribution in [0.25, 0.3) is 0 Å². The van der Waals surface area contributed by atoms with Gasteiger partial charge in [0.15, 0.2) is 0 Å². The van der Waals surface area contributed by atoms with Gasteiger partial charge in [0.25, 0.3) is 0 Å². The summed E-state index contributed by atoms with van der Waals surface area (Å²) in [4.78, 5) is 4.85. The largest absolute Gasteiger partial charge is 0.384 e. The lowest BCUT2D eigenvalue weighted by molar-refractivity contribution is 1.30. The first-order valence-electron chi connectivity index (χ1n) is 11.1. The van der Waals surface area contributed by atoms with E-state index in [0.29, 0.717) is 5.82 Å². The van der Waals surface area contributed by atoms with Gasteiger partial charge >= 0.3 is 0 Å². The van der Waals surface area contributed by atoms with E-state index in [1.54, 1.807) is 0 Å². The second-order valence-corrected chi connectivity index (χ2v) is 12.1. The molecular weight excluding hydrogens is 452 g/mol. The van der Waals surface area contributed by atoms with Gasteiger partial charge in [-0.3, -0.25) is 4.44 Å². The Kier molecular flexibility index (Phi) is 6.96. The first-order chi connectivity index (χ1) is 16.8. The average Bonchev–Trinajstić information content (AvgIpc) is 2.91. The van der Waals surface area contributed by atoms with Gasteiger partial charge in [-0.1, -0.05) is 127 Å². The van der Waals surface area contributed by atoms with Gasteiger partial charge in [-0.2, -0.15) is 0 Å². The van der Waals surface area contributed by atoms with Crippen molar-refractivity contribution in [2.45, 2.75) is 0 Å². The van der Waals surface area contributed by atoms with Crippen molar-refractivity contribution in [1.29, 1.82) is 0 Å². The molecule has 1 heterocycles. The number of hydrogen-bond donors (Lipinski definition) is 1. The third-order valence-electron chi connectivity index (χ3n) is 5.34. The molecule has 0 amide bonds. The Morgan fingerprint density at radius 3 is 1.12 bits per heavy atom. The number of nitrogens with two attached hydrogens (primary N) is 1. The van der Waals surface area contributed by atoms with Crippen LogP contribution in [0.5, 0.6) is 0 Å². The summed E-state index contributed by atoms with van der Waals surface area (Å²) >= 11 is 0. The van der Waals surface area contributed by atoms with Crippen LogP contribution in [0, 0.1) is 0 Å². The number of nitrogens with zero attached hydrogens (tertiary/aromatic N) is 2. The molecule has 5 heteroatoms. The zero-order chi connectivity index (χ0) is 23.2. The van der Waals surface area contributed by atoms with Crippen LogP contribution in [0.2, 0.25) is 0 Å². The summed E-state index contributed by atoms with van der Waals surface area (Å²) < 4.78 is 2.52. The monoisotopic (exact) mass is 477 g/mol. The van der Waals surface area contributed by atoms with E-state index in [9.17, 15) is 0 Å². The maximum Gasteiger partial charge on any atom is 0.138 e. The van der Waals surface area contributed by atoms with Crippen LogP contribution in [0.3, 0.4) is 0 Å². The molecule has 0 saturated heterocycles. The summed E-state index contributed by atoms with van der Waals surface area (Å²) in [6.45, 7) is 0. The molecule has 0 fully saturated rings. The number of benzene rings is 4. The van der Waals surface area contributed by atoms with Gasteiger partial charge in [0.2, 0.25) is 0 Å². The zero-order valence-electron chi connectivity index (χ0n) is 18.6. The Morgan fingerprint density at radius 1 is 0.441 bits per heavy atom. The number of nitrogen functional groups attached to an aromatic ring is 1. The minimum atomic E-state index is -0.945. The minimum absolute atomic E-state index is 0.523. The molecule has 0 atom stereocenters. The van der Waals surface area contributed by atoms with Crippen molar-refractivity contribution in [3.8, 4) is 0 Å². The van der Waals surface area contributed by atoms with Crippen molar-refractivity contribution < 1.29 is 0 Å². The predicted molar refractivity (Wildman–Crippen MR) is 149 cm³/mol. The Morgan fingerprint density at radius 2 is 0.794 bits per heavy atom. The number of hydrogen-bond acceptors (Lipinski definition) is 3. The summed E-state index contributed by atoms with van der Waals surface area (Å²) in [7, 11) is -1.89. The van der Waals surface area contributed by atoms with Crippen molar-refractivity contribution in [3.05, 3.63) is 140 Å². The smallest absolute Gasteiger partial charge is 0.138 e. The van der Waals surface area contributed by atoms with Gasteiger partial charge in [0, 0.05) is 21.2 Å². The summed E-state index contributed by atoms with van der Waals surface area (Å²) in [6.07, 6.45) is 0. The predicted octanol–water partition coefficient (Wildman–Crippen LogP) is 5.57. The van der Waals surface area contributed by atoms with E-state index in [1.165, 1.54) is 21.2 Å². The van der Waals surface area contributed by atoms with E-state index >= 15 is 0 Å².